The van der Waals surface area contributed by atoms with E-state index in [9.17, 15) is 4.79 Å². The Bertz CT molecular complexity index is 135. The zero-order valence-corrected chi connectivity index (χ0v) is 5.66. The molecular formula is C6H11NO2. The summed E-state index contributed by atoms with van der Waals surface area (Å²) in [5.41, 5.74) is 0. The maximum Gasteiger partial charge on any atom is 0.227 e. The van der Waals surface area contributed by atoms with E-state index < -0.39 is 6.23 Å². The Morgan fingerprint density at radius 1 is 1.78 bits per heavy atom. The molecule has 0 spiro atoms. The molecular weight excluding hydrogens is 118 g/mol. The number of aliphatic hydroxyl groups excluding tert-OH is 1. The molecule has 1 heterocycles. The van der Waals surface area contributed by atoms with Gasteiger partial charge in [-0.25, -0.2) is 0 Å². The van der Waals surface area contributed by atoms with E-state index in [1.54, 1.807) is 7.05 Å². The highest BCUT2D eigenvalue weighted by Crippen LogP contribution is 2.19. The average Bonchev–Trinajstić information content (AvgIpc) is 1.98. The molecule has 0 saturated carbocycles. The van der Waals surface area contributed by atoms with E-state index in [-0.39, 0.29) is 11.8 Å². The number of rotatable bonds is 0. The molecule has 0 aliphatic carbocycles. The molecule has 0 radical (unpaired) electrons. The van der Waals surface area contributed by atoms with Crippen molar-refractivity contribution in [1.82, 2.24) is 4.90 Å². The topological polar surface area (TPSA) is 40.5 Å². The minimum atomic E-state index is -0.549. The zero-order valence-electron chi connectivity index (χ0n) is 5.66. The number of hydrogen-bond acceptors (Lipinski definition) is 2. The SMILES string of the molecule is CC1CC(O)N(C)C1=O. The van der Waals surface area contributed by atoms with Crippen LogP contribution in [-0.4, -0.2) is 29.2 Å². The van der Waals surface area contributed by atoms with Gasteiger partial charge in [0.2, 0.25) is 5.91 Å². The van der Waals surface area contributed by atoms with E-state index in [0.29, 0.717) is 6.42 Å². The lowest BCUT2D eigenvalue weighted by atomic mass is 10.1. The first kappa shape index (κ1) is 6.55. The molecule has 0 aromatic rings. The smallest absolute Gasteiger partial charge is 0.227 e. The van der Waals surface area contributed by atoms with Gasteiger partial charge < -0.3 is 10.0 Å². The molecule has 1 aliphatic heterocycles. The van der Waals surface area contributed by atoms with Crippen molar-refractivity contribution in [2.75, 3.05) is 7.05 Å². The number of carbonyl (C=O) groups excluding carboxylic acids is 1. The van der Waals surface area contributed by atoms with Gasteiger partial charge in [-0.3, -0.25) is 4.79 Å². The third kappa shape index (κ3) is 0.920. The van der Waals surface area contributed by atoms with Crippen LogP contribution in [0.1, 0.15) is 13.3 Å². The molecule has 1 N–H and O–H groups in total. The van der Waals surface area contributed by atoms with E-state index in [1.165, 1.54) is 4.90 Å². The van der Waals surface area contributed by atoms with Gasteiger partial charge in [0.05, 0.1) is 0 Å². The fourth-order valence-corrected chi connectivity index (χ4v) is 1.07. The molecule has 2 unspecified atom stereocenters. The van der Waals surface area contributed by atoms with Crippen molar-refractivity contribution in [1.29, 1.82) is 0 Å². The zero-order chi connectivity index (χ0) is 7.02. The first-order chi connectivity index (χ1) is 4.13. The molecule has 1 saturated heterocycles. The molecule has 0 aromatic carbocycles. The number of aliphatic hydroxyl groups is 1. The molecule has 52 valence electrons. The number of likely N-dealkylation sites (tertiary alicyclic amines) is 1. The summed E-state index contributed by atoms with van der Waals surface area (Å²) in [6.07, 6.45) is 0.0301. The highest BCUT2D eigenvalue weighted by Gasteiger charge is 2.32. The molecule has 2 atom stereocenters. The molecule has 3 nitrogen and oxygen atoms in total. The molecule has 9 heavy (non-hydrogen) atoms. The summed E-state index contributed by atoms with van der Waals surface area (Å²) in [4.78, 5) is 12.3. The van der Waals surface area contributed by atoms with Crippen molar-refractivity contribution in [3.63, 3.8) is 0 Å². The second-order valence-corrected chi connectivity index (χ2v) is 2.57. The molecule has 1 aliphatic rings. The second-order valence-electron chi connectivity index (χ2n) is 2.57. The molecule has 1 fully saturated rings. The summed E-state index contributed by atoms with van der Waals surface area (Å²) >= 11 is 0. The van der Waals surface area contributed by atoms with Crippen LogP contribution >= 0.6 is 0 Å². The summed E-state index contributed by atoms with van der Waals surface area (Å²) in [6.45, 7) is 1.83. The minimum Gasteiger partial charge on any atom is -0.374 e. The van der Waals surface area contributed by atoms with Crippen LogP contribution in [0.25, 0.3) is 0 Å². The minimum absolute atomic E-state index is 0.00463. The Morgan fingerprint density at radius 2 is 2.33 bits per heavy atom. The first-order valence-electron chi connectivity index (χ1n) is 3.07. The van der Waals surface area contributed by atoms with E-state index in [2.05, 4.69) is 0 Å². The summed E-state index contributed by atoms with van der Waals surface area (Å²) in [5.74, 6) is 0.0486. The van der Waals surface area contributed by atoms with Crippen molar-refractivity contribution in [3.05, 3.63) is 0 Å². The lowest BCUT2D eigenvalue weighted by Crippen LogP contribution is -2.28. The normalized spacial score (nSPS) is 35.9. The van der Waals surface area contributed by atoms with E-state index in [1.807, 2.05) is 6.92 Å². The van der Waals surface area contributed by atoms with Gasteiger partial charge in [-0.2, -0.15) is 0 Å². The van der Waals surface area contributed by atoms with Gasteiger partial charge in [0, 0.05) is 19.4 Å². The van der Waals surface area contributed by atoms with Gasteiger partial charge in [-0.1, -0.05) is 6.92 Å². The van der Waals surface area contributed by atoms with Gasteiger partial charge in [0.15, 0.2) is 0 Å². The summed E-state index contributed by atoms with van der Waals surface area (Å²) in [5, 5.41) is 9.04. The lowest BCUT2D eigenvalue weighted by Gasteiger charge is -2.12. The van der Waals surface area contributed by atoms with Gasteiger partial charge in [-0.15, -0.1) is 0 Å². The quantitative estimate of drug-likeness (QED) is 0.492. The van der Waals surface area contributed by atoms with Crippen molar-refractivity contribution < 1.29 is 9.90 Å². The standard InChI is InChI=1S/C6H11NO2/c1-4-3-5(8)7(2)6(4)9/h4-5,8H,3H2,1-2H3. The van der Waals surface area contributed by atoms with Crippen LogP contribution in [0.4, 0.5) is 0 Å². The van der Waals surface area contributed by atoms with E-state index >= 15 is 0 Å². The summed E-state index contributed by atoms with van der Waals surface area (Å²) < 4.78 is 0. The Morgan fingerprint density at radius 3 is 2.44 bits per heavy atom. The fraction of sp³-hybridized carbons (Fsp3) is 0.833. The first-order valence-corrected chi connectivity index (χ1v) is 3.07. The summed E-state index contributed by atoms with van der Waals surface area (Å²) in [7, 11) is 1.62. The number of amides is 1. The van der Waals surface area contributed by atoms with Crippen LogP contribution in [0.3, 0.4) is 0 Å². The average molecular weight is 129 g/mol. The molecule has 0 aromatic heterocycles. The van der Waals surface area contributed by atoms with E-state index in [0.717, 1.165) is 0 Å². The molecule has 0 bridgehead atoms. The van der Waals surface area contributed by atoms with Crippen LogP contribution in [0.5, 0.6) is 0 Å². The van der Waals surface area contributed by atoms with Gasteiger partial charge >= 0.3 is 0 Å². The fourth-order valence-electron chi connectivity index (χ4n) is 1.07. The Hall–Kier alpha value is -0.570. The van der Waals surface area contributed by atoms with Crippen LogP contribution < -0.4 is 0 Å². The van der Waals surface area contributed by atoms with Crippen molar-refractivity contribution >= 4 is 5.91 Å². The Labute approximate surface area is 54.3 Å². The lowest BCUT2D eigenvalue weighted by molar-refractivity contribution is -0.133. The highest BCUT2D eigenvalue weighted by atomic mass is 16.3. The van der Waals surface area contributed by atoms with Crippen molar-refractivity contribution in [2.45, 2.75) is 19.6 Å². The summed E-state index contributed by atoms with van der Waals surface area (Å²) in [6, 6.07) is 0. The monoisotopic (exact) mass is 129 g/mol. The van der Waals surface area contributed by atoms with Crippen LogP contribution in [0.2, 0.25) is 0 Å². The van der Waals surface area contributed by atoms with Crippen LogP contribution in [0, 0.1) is 5.92 Å². The van der Waals surface area contributed by atoms with E-state index in [4.69, 9.17) is 5.11 Å². The highest BCUT2D eigenvalue weighted by molar-refractivity contribution is 5.80. The van der Waals surface area contributed by atoms with Crippen LogP contribution in [-0.2, 0) is 4.79 Å². The molecule has 1 rings (SSSR count). The number of hydrogen-bond donors (Lipinski definition) is 1. The predicted octanol–water partition coefficient (Wildman–Crippen LogP) is -0.197. The molecule has 1 amide bonds. The Balaban J connectivity index is 2.65. The van der Waals surface area contributed by atoms with Gasteiger partial charge in [-0.05, 0) is 0 Å². The third-order valence-corrected chi connectivity index (χ3v) is 1.78. The molecule has 3 heteroatoms. The third-order valence-electron chi connectivity index (χ3n) is 1.78. The predicted molar refractivity (Wildman–Crippen MR) is 32.6 cm³/mol. The number of nitrogens with zero attached hydrogens (tertiary/aromatic N) is 1. The van der Waals surface area contributed by atoms with Crippen LogP contribution in [0.15, 0.2) is 0 Å². The van der Waals surface area contributed by atoms with Crippen molar-refractivity contribution in [3.8, 4) is 0 Å². The van der Waals surface area contributed by atoms with Gasteiger partial charge in [0.25, 0.3) is 0 Å². The number of carbonyl (C=O) groups is 1. The van der Waals surface area contributed by atoms with Gasteiger partial charge in [0.1, 0.15) is 6.23 Å². The maximum atomic E-state index is 10.9. The second kappa shape index (κ2) is 1.99. The maximum absolute atomic E-state index is 10.9. The van der Waals surface area contributed by atoms with Crippen molar-refractivity contribution in [2.24, 2.45) is 5.92 Å². The Kier molecular flexibility index (Phi) is 1.45. The largest absolute Gasteiger partial charge is 0.374 e.